The number of carbonyl (C=O) groups is 1. The number of urea groups is 1. The second kappa shape index (κ2) is 4.14. The number of hydrogen-bond acceptors (Lipinski definition) is 3. The van der Waals surface area contributed by atoms with E-state index in [4.69, 9.17) is 5.73 Å². The van der Waals surface area contributed by atoms with Gasteiger partial charge in [0.15, 0.2) is 0 Å². The van der Waals surface area contributed by atoms with Crippen molar-refractivity contribution in [2.24, 2.45) is 5.73 Å². The Bertz CT molecular complexity index is 193. The minimum atomic E-state index is -0.271. The zero-order valence-corrected chi connectivity index (χ0v) is 8.33. The van der Waals surface area contributed by atoms with Gasteiger partial charge in [0.05, 0.1) is 0 Å². The Morgan fingerprint density at radius 1 is 1.14 bits per heavy atom. The van der Waals surface area contributed by atoms with E-state index in [1.54, 1.807) is 0 Å². The fraction of sp³-hybridized carbons (Fsp3) is 0.889. The van der Waals surface area contributed by atoms with Crippen LogP contribution < -0.4 is 16.4 Å². The Morgan fingerprint density at radius 3 is 1.93 bits per heavy atom. The molecule has 5 heteroatoms. The molecule has 0 aliphatic carbocycles. The molecule has 4 N–H and O–H groups in total. The number of nitrogens with one attached hydrogen (secondary N) is 2. The van der Waals surface area contributed by atoms with Gasteiger partial charge in [0.25, 0.3) is 0 Å². The van der Waals surface area contributed by atoms with E-state index >= 15 is 0 Å². The summed E-state index contributed by atoms with van der Waals surface area (Å²) in [6.45, 7) is 3.77. The zero-order chi connectivity index (χ0) is 9.97. The minimum Gasteiger partial charge on any atom is -0.351 e. The lowest BCUT2D eigenvalue weighted by atomic mass is 10.1. The maximum atomic E-state index is 11.4. The molecule has 2 aliphatic rings. The third-order valence-electron chi connectivity index (χ3n) is 3.11. The molecule has 5 nitrogen and oxygen atoms in total. The molecule has 14 heavy (non-hydrogen) atoms. The summed E-state index contributed by atoms with van der Waals surface area (Å²) in [6.07, 6.45) is 2.05. The van der Waals surface area contributed by atoms with Crippen molar-refractivity contribution in [3.8, 4) is 0 Å². The number of hydrogen-bond donors (Lipinski definition) is 3. The van der Waals surface area contributed by atoms with Gasteiger partial charge in [-0.15, -0.1) is 0 Å². The maximum Gasteiger partial charge on any atom is 0.315 e. The molecule has 0 aromatic carbocycles. The van der Waals surface area contributed by atoms with Crippen LogP contribution in [0.1, 0.15) is 12.8 Å². The highest BCUT2D eigenvalue weighted by molar-refractivity contribution is 5.73. The van der Waals surface area contributed by atoms with Crippen molar-refractivity contribution in [1.82, 2.24) is 15.5 Å². The third kappa shape index (κ3) is 1.83. The van der Waals surface area contributed by atoms with Crippen molar-refractivity contribution in [2.45, 2.75) is 24.9 Å². The Balaban J connectivity index is 2.02. The number of rotatable bonds is 2. The molecule has 2 fully saturated rings. The van der Waals surface area contributed by atoms with E-state index in [1.165, 1.54) is 0 Å². The van der Waals surface area contributed by atoms with E-state index in [0.717, 1.165) is 39.0 Å². The number of primary amides is 1. The standard InChI is InChI=1S/C9H18N4O/c10-9(14)13(7-1-3-11-5-7)8-2-4-12-6-8/h7-8,11-12H,1-6H2,(H2,10,14)/t7-,8-/m1/s1. The second-order valence-electron chi connectivity index (χ2n) is 4.04. The van der Waals surface area contributed by atoms with Crippen molar-refractivity contribution in [1.29, 1.82) is 0 Å². The van der Waals surface area contributed by atoms with Gasteiger partial charge in [-0.2, -0.15) is 0 Å². The summed E-state index contributed by atoms with van der Waals surface area (Å²) in [7, 11) is 0. The van der Waals surface area contributed by atoms with E-state index in [2.05, 4.69) is 10.6 Å². The van der Waals surface area contributed by atoms with E-state index in [0.29, 0.717) is 12.1 Å². The van der Waals surface area contributed by atoms with Crippen molar-refractivity contribution < 1.29 is 4.79 Å². The molecule has 2 aliphatic heterocycles. The Hall–Kier alpha value is -0.810. The van der Waals surface area contributed by atoms with Gasteiger partial charge in [0.1, 0.15) is 0 Å². The molecule has 0 radical (unpaired) electrons. The van der Waals surface area contributed by atoms with Crippen molar-refractivity contribution in [3.05, 3.63) is 0 Å². The van der Waals surface area contributed by atoms with Crippen LogP contribution in [0.4, 0.5) is 4.79 Å². The van der Waals surface area contributed by atoms with Gasteiger partial charge in [-0.1, -0.05) is 0 Å². The average molecular weight is 198 g/mol. The van der Waals surface area contributed by atoms with Gasteiger partial charge in [0.2, 0.25) is 0 Å². The first-order valence-electron chi connectivity index (χ1n) is 5.28. The summed E-state index contributed by atoms with van der Waals surface area (Å²) < 4.78 is 0. The molecular weight excluding hydrogens is 180 g/mol. The van der Waals surface area contributed by atoms with E-state index in [9.17, 15) is 4.79 Å². The van der Waals surface area contributed by atoms with E-state index < -0.39 is 0 Å². The topological polar surface area (TPSA) is 70.4 Å². The van der Waals surface area contributed by atoms with Crippen LogP contribution in [-0.4, -0.2) is 49.2 Å². The van der Waals surface area contributed by atoms with Gasteiger partial charge in [-0.3, -0.25) is 0 Å². The highest BCUT2D eigenvalue weighted by Crippen LogP contribution is 2.16. The number of nitrogens with two attached hydrogens (primary N) is 1. The molecule has 2 atom stereocenters. The molecule has 0 unspecified atom stereocenters. The van der Waals surface area contributed by atoms with Crippen LogP contribution in [0.3, 0.4) is 0 Å². The van der Waals surface area contributed by atoms with Crippen LogP contribution in [0.25, 0.3) is 0 Å². The molecule has 0 bridgehead atoms. The normalized spacial score (nSPS) is 32.0. The molecule has 80 valence electrons. The quantitative estimate of drug-likeness (QED) is 0.538. The average Bonchev–Trinajstić information content (AvgIpc) is 2.75. The fourth-order valence-electron chi connectivity index (χ4n) is 2.41. The van der Waals surface area contributed by atoms with Crippen LogP contribution >= 0.6 is 0 Å². The predicted octanol–water partition coefficient (Wildman–Crippen LogP) is -0.909. The van der Waals surface area contributed by atoms with E-state index in [1.807, 2.05) is 4.90 Å². The highest BCUT2D eigenvalue weighted by Gasteiger charge is 2.32. The first kappa shape index (κ1) is 9.73. The summed E-state index contributed by atoms with van der Waals surface area (Å²) in [4.78, 5) is 13.2. The summed E-state index contributed by atoms with van der Waals surface area (Å²) in [5.74, 6) is 0. The summed E-state index contributed by atoms with van der Waals surface area (Å²) in [6, 6.07) is 0.335. The molecule has 0 saturated carbocycles. The van der Waals surface area contributed by atoms with Crippen LogP contribution in [0, 0.1) is 0 Å². The summed E-state index contributed by atoms with van der Waals surface area (Å²) in [5.41, 5.74) is 5.43. The molecule has 0 aromatic rings. The van der Waals surface area contributed by atoms with Crippen LogP contribution in [0.5, 0.6) is 0 Å². The lowest BCUT2D eigenvalue weighted by Gasteiger charge is -2.32. The van der Waals surface area contributed by atoms with Gasteiger partial charge in [-0.25, -0.2) is 4.79 Å². The van der Waals surface area contributed by atoms with Gasteiger partial charge >= 0.3 is 6.03 Å². The molecule has 0 spiro atoms. The minimum absolute atomic E-state index is 0.271. The first-order chi connectivity index (χ1) is 6.79. The van der Waals surface area contributed by atoms with Gasteiger partial charge in [0, 0.05) is 25.2 Å². The first-order valence-corrected chi connectivity index (χ1v) is 5.28. The molecular formula is C9H18N4O. The van der Waals surface area contributed by atoms with Gasteiger partial charge in [-0.05, 0) is 25.9 Å². The molecule has 2 saturated heterocycles. The number of amides is 2. The number of carbonyl (C=O) groups excluding carboxylic acids is 1. The van der Waals surface area contributed by atoms with E-state index in [-0.39, 0.29) is 6.03 Å². The predicted molar refractivity (Wildman–Crippen MR) is 54.0 cm³/mol. The molecule has 2 rings (SSSR count). The molecule has 2 heterocycles. The Labute approximate surface area is 84.0 Å². The van der Waals surface area contributed by atoms with Crippen molar-refractivity contribution >= 4 is 6.03 Å². The second-order valence-corrected chi connectivity index (χ2v) is 4.04. The van der Waals surface area contributed by atoms with Crippen LogP contribution in [-0.2, 0) is 0 Å². The SMILES string of the molecule is NC(=O)N([C@@H]1CCNC1)[C@@H]1CCNC1. The third-order valence-corrected chi connectivity index (χ3v) is 3.11. The largest absolute Gasteiger partial charge is 0.351 e. The monoisotopic (exact) mass is 198 g/mol. The van der Waals surface area contributed by atoms with Crippen molar-refractivity contribution in [3.63, 3.8) is 0 Å². The highest BCUT2D eigenvalue weighted by atomic mass is 16.2. The molecule has 2 amide bonds. The zero-order valence-electron chi connectivity index (χ0n) is 8.33. The Kier molecular flexibility index (Phi) is 2.88. The Morgan fingerprint density at radius 2 is 1.64 bits per heavy atom. The summed E-state index contributed by atoms with van der Waals surface area (Å²) in [5, 5.41) is 6.52. The smallest absolute Gasteiger partial charge is 0.315 e. The fourth-order valence-corrected chi connectivity index (χ4v) is 2.41. The number of nitrogens with zero attached hydrogens (tertiary/aromatic N) is 1. The van der Waals surface area contributed by atoms with Crippen LogP contribution in [0.15, 0.2) is 0 Å². The van der Waals surface area contributed by atoms with Crippen LogP contribution in [0.2, 0.25) is 0 Å². The van der Waals surface area contributed by atoms with Gasteiger partial charge < -0.3 is 21.3 Å². The maximum absolute atomic E-state index is 11.4. The lowest BCUT2D eigenvalue weighted by Crippen LogP contribution is -2.51. The summed E-state index contributed by atoms with van der Waals surface area (Å²) >= 11 is 0. The lowest BCUT2D eigenvalue weighted by molar-refractivity contribution is 0.162. The molecule has 0 aromatic heterocycles. The van der Waals surface area contributed by atoms with Crippen molar-refractivity contribution in [2.75, 3.05) is 26.2 Å².